The molecule has 0 aromatic rings. The number of hydrogen-bond acceptors (Lipinski definition) is 2. The molecular formula is C13H22F3NO2. The average Bonchev–Trinajstić information content (AvgIpc) is 2.28. The van der Waals surface area contributed by atoms with Gasteiger partial charge in [-0.25, -0.2) is 0 Å². The van der Waals surface area contributed by atoms with E-state index in [1.807, 2.05) is 11.8 Å². The van der Waals surface area contributed by atoms with Crippen molar-refractivity contribution in [2.75, 3.05) is 19.6 Å². The van der Waals surface area contributed by atoms with Gasteiger partial charge in [0.25, 0.3) is 0 Å². The van der Waals surface area contributed by atoms with E-state index >= 15 is 0 Å². The largest absolute Gasteiger partial charge is 0.481 e. The maximum absolute atomic E-state index is 12.1. The zero-order chi connectivity index (χ0) is 14.5. The number of hydrogen-bond donors (Lipinski definition) is 1. The molecule has 1 saturated heterocycles. The Hall–Kier alpha value is -0.780. The Morgan fingerprint density at radius 2 is 2.11 bits per heavy atom. The summed E-state index contributed by atoms with van der Waals surface area (Å²) in [5, 5.41) is 9.39. The number of carboxylic acid groups (broad SMARTS) is 1. The molecule has 0 amide bonds. The Kier molecular flexibility index (Phi) is 5.64. The lowest BCUT2D eigenvalue weighted by Crippen LogP contribution is -2.48. The smallest absolute Gasteiger partial charge is 0.389 e. The molecule has 1 aliphatic heterocycles. The summed E-state index contributed by atoms with van der Waals surface area (Å²) < 4.78 is 36.3. The standard InChI is InChI=1S/C13H22F3NO2/c1-2-5-12(11(18)19)6-3-8-17(10-12)9-4-7-13(14,15)16/h2-10H2,1H3,(H,18,19). The summed E-state index contributed by atoms with van der Waals surface area (Å²) in [7, 11) is 0. The molecule has 1 fully saturated rings. The van der Waals surface area contributed by atoms with Crippen molar-refractivity contribution in [3.63, 3.8) is 0 Å². The fraction of sp³-hybridized carbons (Fsp3) is 0.923. The van der Waals surface area contributed by atoms with Crippen molar-refractivity contribution in [1.29, 1.82) is 0 Å². The van der Waals surface area contributed by atoms with Crippen LogP contribution in [0.15, 0.2) is 0 Å². The predicted octanol–water partition coefficient (Wildman–Crippen LogP) is 3.30. The number of alkyl halides is 3. The van der Waals surface area contributed by atoms with E-state index in [0.717, 1.165) is 12.8 Å². The maximum Gasteiger partial charge on any atom is 0.389 e. The van der Waals surface area contributed by atoms with Gasteiger partial charge in [0.1, 0.15) is 0 Å². The van der Waals surface area contributed by atoms with E-state index in [0.29, 0.717) is 32.5 Å². The second-order valence-corrected chi connectivity index (χ2v) is 5.43. The summed E-state index contributed by atoms with van der Waals surface area (Å²) in [4.78, 5) is 13.3. The van der Waals surface area contributed by atoms with Crippen LogP contribution in [0.3, 0.4) is 0 Å². The van der Waals surface area contributed by atoms with Crippen molar-refractivity contribution >= 4 is 5.97 Å². The van der Waals surface area contributed by atoms with E-state index < -0.39 is 24.0 Å². The third-order valence-corrected chi connectivity index (χ3v) is 3.77. The van der Waals surface area contributed by atoms with E-state index in [1.165, 1.54) is 0 Å². The van der Waals surface area contributed by atoms with Crippen LogP contribution in [0.25, 0.3) is 0 Å². The third kappa shape index (κ3) is 5.01. The fourth-order valence-corrected chi connectivity index (χ4v) is 2.89. The minimum Gasteiger partial charge on any atom is -0.481 e. The highest BCUT2D eigenvalue weighted by Crippen LogP contribution is 2.35. The number of piperidine rings is 1. The first-order chi connectivity index (χ1) is 8.79. The van der Waals surface area contributed by atoms with Crippen molar-refractivity contribution in [2.24, 2.45) is 5.41 Å². The second kappa shape index (κ2) is 6.59. The van der Waals surface area contributed by atoms with Gasteiger partial charge in [0.2, 0.25) is 0 Å². The van der Waals surface area contributed by atoms with Gasteiger partial charge in [0.05, 0.1) is 5.41 Å². The lowest BCUT2D eigenvalue weighted by molar-refractivity contribution is -0.154. The number of halogens is 3. The lowest BCUT2D eigenvalue weighted by Gasteiger charge is -2.40. The monoisotopic (exact) mass is 281 g/mol. The minimum absolute atomic E-state index is 0.0469. The molecule has 1 N–H and O–H groups in total. The molecule has 1 heterocycles. The first-order valence-electron chi connectivity index (χ1n) is 6.81. The number of nitrogens with zero attached hydrogens (tertiary/aromatic N) is 1. The summed E-state index contributed by atoms with van der Waals surface area (Å²) in [6.07, 6.45) is -2.11. The summed E-state index contributed by atoms with van der Waals surface area (Å²) in [6.45, 7) is 3.36. The van der Waals surface area contributed by atoms with Gasteiger partial charge in [0.15, 0.2) is 0 Å². The average molecular weight is 281 g/mol. The molecule has 6 heteroatoms. The Balaban J connectivity index is 2.51. The highest BCUT2D eigenvalue weighted by Gasteiger charge is 2.41. The first kappa shape index (κ1) is 16.3. The number of carbonyl (C=O) groups is 1. The Labute approximate surface area is 111 Å². The Morgan fingerprint density at radius 3 is 2.63 bits per heavy atom. The van der Waals surface area contributed by atoms with Gasteiger partial charge in [-0.1, -0.05) is 13.3 Å². The SMILES string of the molecule is CCCC1(C(=O)O)CCCN(CCCC(F)(F)F)C1. The molecule has 0 aromatic carbocycles. The first-order valence-corrected chi connectivity index (χ1v) is 6.81. The topological polar surface area (TPSA) is 40.5 Å². The van der Waals surface area contributed by atoms with Gasteiger partial charge in [-0.15, -0.1) is 0 Å². The molecule has 0 saturated carbocycles. The molecule has 0 spiro atoms. The van der Waals surface area contributed by atoms with Gasteiger partial charge in [0, 0.05) is 13.0 Å². The molecule has 0 bridgehead atoms. The van der Waals surface area contributed by atoms with Gasteiger partial charge in [-0.2, -0.15) is 13.2 Å². The number of aliphatic carboxylic acids is 1. The number of likely N-dealkylation sites (tertiary alicyclic amines) is 1. The lowest BCUT2D eigenvalue weighted by atomic mass is 9.76. The van der Waals surface area contributed by atoms with Gasteiger partial charge < -0.3 is 10.0 Å². The Morgan fingerprint density at radius 1 is 1.42 bits per heavy atom. The molecule has 1 unspecified atom stereocenters. The predicted molar refractivity (Wildman–Crippen MR) is 65.9 cm³/mol. The highest BCUT2D eigenvalue weighted by molar-refractivity contribution is 5.75. The van der Waals surface area contributed by atoms with Crippen molar-refractivity contribution in [3.8, 4) is 0 Å². The number of rotatable bonds is 6. The summed E-state index contributed by atoms with van der Waals surface area (Å²) >= 11 is 0. The zero-order valence-electron chi connectivity index (χ0n) is 11.3. The highest BCUT2D eigenvalue weighted by atomic mass is 19.4. The van der Waals surface area contributed by atoms with Crippen molar-refractivity contribution in [1.82, 2.24) is 4.90 Å². The van der Waals surface area contributed by atoms with E-state index in [1.54, 1.807) is 0 Å². The van der Waals surface area contributed by atoms with Crippen molar-refractivity contribution < 1.29 is 23.1 Å². The molecule has 1 rings (SSSR count). The van der Waals surface area contributed by atoms with E-state index in [-0.39, 0.29) is 6.42 Å². The van der Waals surface area contributed by atoms with Crippen molar-refractivity contribution in [3.05, 3.63) is 0 Å². The van der Waals surface area contributed by atoms with Crippen LogP contribution in [0, 0.1) is 5.41 Å². The van der Waals surface area contributed by atoms with Crippen LogP contribution in [0.5, 0.6) is 0 Å². The van der Waals surface area contributed by atoms with Crippen molar-refractivity contribution in [2.45, 2.75) is 51.6 Å². The Bertz CT molecular complexity index is 303. The van der Waals surface area contributed by atoms with Crippen LogP contribution in [-0.2, 0) is 4.79 Å². The van der Waals surface area contributed by atoms with Gasteiger partial charge in [-0.3, -0.25) is 4.79 Å². The van der Waals surface area contributed by atoms with Crippen LogP contribution in [0.2, 0.25) is 0 Å². The molecule has 1 atom stereocenters. The quantitative estimate of drug-likeness (QED) is 0.812. The van der Waals surface area contributed by atoms with Gasteiger partial charge in [-0.05, 0) is 38.8 Å². The second-order valence-electron chi connectivity index (χ2n) is 5.43. The summed E-state index contributed by atoms with van der Waals surface area (Å²) in [5.74, 6) is -0.810. The molecule has 0 aliphatic carbocycles. The van der Waals surface area contributed by atoms with Crippen LogP contribution in [0.4, 0.5) is 13.2 Å². The molecule has 0 radical (unpaired) electrons. The van der Waals surface area contributed by atoms with Crippen LogP contribution >= 0.6 is 0 Å². The number of carboxylic acids is 1. The zero-order valence-corrected chi connectivity index (χ0v) is 11.3. The fourth-order valence-electron chi connectivity index (χ4n) is 2.89. The maximum atomic E-state index is 12.1. The van der Waals surface area contributed by atoms with Crippen LogP contribution in [-0.4, -0.2) is 41.8 Å². The van der Waals surface area contributed by atoms with Crippen LogP contribution in [0.1, 0.15) is 45.4 Å². The molecule has 1 aliphatic rings. The molecule has 0 aromatic heterocycles. The summed E-state index contributed by atoms with van der Waals surface area (Å²) in [6, 6.07) is 0. The minimum atomic E-state index is -4.12. The normalized spacial score (nSPS) is 25.5. The summed E-state index contributed by atoms with van der Waals surface area (Å²) in [5.41, 5.74) is -0.759. The van der Waals surface area contributed by atoms with Gasteiger partial charge >= 0.3 is 12.1 Å². The third-order valence-electron chi connectivity index (χ3n) is 3.77. The molecule has 112 valence electrons. The van der Waals surface area contributed by atoms with E-state index in [9.17, 15) is 23.1 Å². The van der Waals surface area contributed by atoms with Crippen LogP contribution < -0.4 is 0 Å². The molecule has 3 nitrogen and oxygen atoms in total. The molecular weight excluding hydrogens is 259 g/mol. The van der Waals surface area contributed by atoms with E-state index in [4.69, 9.17) is 0 Å². The van der Waals surface area contributed by atoms with E-state index in [2.05, 4.69) is 0 Å². The molecule has 19 heavy (non-hydrogen) atoms.